The molecule has 4 rings (SSSR count). The van der Waals surface area contributed by atoms with Crippen LogP contribution in [-0.4, -0.2) is 9.97 Å². The average molecular weight is 460 g/mol. The third kappa shape index (κ3) is 4.14. The topological polar surface area (TPSA) is 33.0 Å². The summed E-state index contributed by atoms with van der Waals surface area (Å²) in [6.45, 7) is 12.0. The molecule has 142 valence electrons. The quantitative estimate of drug-likeness (QED) is 0.320. The lowest BCUT2D eigenvalue weighted by molar-refractivity contribution is 1.23. The first-order valence-electron chi connectivity index (χ1n) is 9.10. The van der Waals surface area contributed by atoms with Crippen molar-refractivity contribution in [1.29, 1.82) is 0 Å². The van der Waals surface area contributed by atoms with Crippen molar-refractivity contribution in [3.8, 4) is 0 Å². The molecule has 0 amide bonds. The molecule has 0 aliphatic heterocycles. The number of halogens is 1. The maximum absolute atomic E-state index is 7.76. The maximum atomic E-state index is 7.76. The third-order valence-corrected chi connectivity index (χ3v) is 6.42. The average Bonchev–Trinajstić information content (AvgIpc) is 3.13. The molecule has 3 nitrogen and oxygen atoms in total. The molecule has 0 saturated heterocycles. The monoisotopic (exact) mass is 459 g/mol. The fraction of sp³-hybridized carbons (Fsp3) is 0.0833. The minimum absolute atomic E-state index is 0.587. The number of aromatic amines is 1. The first kappa shape index (κ1) is 19.5. The van der Waals surface area contributed by atoms with E-state index in [-0.39, 0.29) is 0 Å². The molecule has 5 heteroatoms. The van der Waals surface area contributed by atoms with Crippen LogP contribution in [0.2, 0.25) is 0 Å². The van der Waals surface area contributed by atoms with Crippen LogP contribution < -0.4 is 0 Å². The zero-order chi connectivity index (χ0) is 20.4. The Kier molecular flexibility index (Phi) is 5.57. The van der Waals surface area contributed by atoms with Crippen LogP contribution in [0, 0.1) is 20.4 Å². The number of nitrogens with one attached hydrogen (secondary N) is 1. The van der Waals surface area contributed by atoms with E-state index in [1.54, 1.807) is 18.0 Å². The lowest BCUT2D eigenvalue weighted by Crippen LogP contribution is -1.86. The highest BCUT2D eigenvalue weighted by atomic mass is 79.9. The van der Waals surface area contributed by atoms with E-state index in [9.17, 15) is 0 Å². The van der Waals surface area contributed by atoms with Gasteiger partial charge in [0.1, 0.15) is 0 Å². The van der Waals surface area contributed by atoms with E-state index in [0.717, 1.165) is 31.4 Å². The minimum atomic E-state index is 0.587. The van der Waals surface area contributed by atoms with Crippen molar-refractivity contribution in [2.24, 2.45) is 0 Å². The number of H-pyrrole nitrogens is 1. The molecule has 0 radical (unpaired) electrons. The molecule has 0 bridgehead atoms. The number of hydrogen-bond acceptors (Lipinski definition) is 2. The molecule has 0 aliphatic rings. The summed E-state index contributed by atoms with van der Waals surface area (Å²) in [6, 6.07) is 14.5. The molecule has 29 heavy (non-hydrogen) atoms. The van der Waals surface area contributed by atoms with Gasteiger partial charge in [-0.05, 0) is 84.6 Å². The number of pyridine rings is 1. The van der Waals surface area contributed by atoms with Crippen LogP contribution in [-0.2, 0) is 0 Å². The van der Waals surface area contributed by atoms with Crippen molar-refractivity contribution in [1.82, 2.24) is 9.97 Å². The van der Waals surface area contributed by atoms with Gasteiger partial charge in [0.2, 0.25) is 0 Å². The van der Waals surface area contributed by atoms with Gasteiger partial charge in [-0.2, -0.15) is 0 Å². The molecule has 1 N–H and O–H groups in total. The Bertz CT molecular complexity index is 1280. The van der Waals surface area contributed by atoms with Gasteiger partial charge in [0.15, 0.2) is 5.70 Å². The van der Waals surface area contributed by atoms with Crippen molar-refractivity contribution in [2.45, 2.75) is 23.6 Å². The van der Waals surface area contributed by atoms with Gasteiger partial charge in [-0.1, -0.05) is 33.8 Å². The highest BCUT2D eigenvalue weighted by molar-refractivity contribution is 9.10. The summed E-state index contributed by atoms with van der Waals surface area (Å²) in [6.07, 6.45) is 7.43. The van der Waals surface area contributed by atoms with E-state index < -0.39 is 0 Å². The van der Waals surface area contributed by atoms with Gasteiger partial charge < -0.3 is 4.98 Å². The number of nitrogens with zero attached hydrogens (tertiary/aromatic N) is 2. The molecule has 0 spiro atoms. The lowest BCUT2D eigenvalue weighted by Gasteiger charge is -2.08. The Hall–Kier alpha value is -2.81. The molecule has 2 heterocycles. The molecule has 4 aromatic rings. The smallest absolute Gasteiger partial charge is 0.197 e. The molecule has 2 aromatic carbocycles. The Labute approximate surface area is 182 Å². The second-order valence-electron chi connectivity index (χ2n) is 6.80. The summed E-state index contributed by atoms with van der Waals surface area (Å²) in [4.78, 5) is 13.6. The van der Waals surface area contributed by atoms with E-state index in [0.29, 0.717) is 5.70 Å². The highest BCUT2D eigenvalue weighted by Gasteiger charge is 2.11. The van der Waals surface area contributed by atoms with Crippen molar-refractivity contribution < 1.29 is 0 Å². The van der Waals surface area contributed by atoms with Crippen molar-refractivity contribution in [2.75, 3.05) is 0 Å². The number of fused-ring (bicyclic) bond motifs is 1. The number of benzene rings is 2. The van der Waals surface area contributed by atoms with Gasteiger partial charge in [-0.25, -0.2) is 4.85 Å². The fourth-order valence-corrected chi connectivity index (χ4v) is 4.47. The van der Waals surface area contributed by atoms with Crippen molar-refractivity contribution in [3.05, 3.63) is 99.2 Å². The molecule has 0 unspecified atom stereocenters. The van der Waals surface area contributed by atoms with Gasteiger partial charge in [-0.3, -0.25) is 4.98 Å². The molecule has 0 aliphatic carbocycles. The van der Waals surface area contributed by atoms with E-state index in [1.165, 1.54) is 16.0 Å². The van der Waals surface area contributed by atoms with E-state index >= 15 is 0 Å². The Morgan fingerprint density at radius 1 is 1.14 bits per heavy atom. The van der Waals surface area contributed by atoms with E-state index in [2.05, 4.69) is 62.8 Å². The normalized spacial score (nSPS) is 11.6. The van der Waals surface area contributed by atoms with E-state index in [4.69, 9.17) is 6.57 Å². The predicted molar refractivity (Wildman–Crippen MR) is 125 cm³/mol. The largest absolute Gasteiger partial charge is 0.362 e. The molecule has 0 saturated carbocycles. The number of aryl methyl sites for hydroxylation is 2. The zero-order valence-corrected chi connectivity index (χ0v) is 18.4. The number of aromatic nitrogens is 2. The summed E-state index contributed by atoms with van der Waals surface area (Å²) in [5, 5.41) is 1.02. The van der Waals surface area contributed by atoms with Crippen LogP contribution in [0.15, 0.2) is 75.3 Å². The maximum Gasteiger partial charge on any atom is 0.197 e. The summed E-state index contributed by atoms with van der Waals surface area (Å²) >= 11 is 5.21. The van der Waals surface area contributed by atoms with Crippen molar-refractivity contribution >= 4 is 50.4 Å². The first-order chi connectivity index (χ1) is 14.0. The molecular formula is C24H18BrN3S. The molecular weight excluding hydrogens is 442 g/mol. The zero-order valence-electron chi connectivity index (χ0n) is 16.0. The number of hydrogen-bond donors (Lipinski definition) is 1. The molecule has 0 fully saturated rings. The Morgan fingerprint density at radius 2 is 2.00 bits per heavy atom. The fourth-order valence-electron chi connectivity index (χ4n) is 3.12. The summed E-state index contributed by atoms with van der Waals surface area (Å²) in [7, 11) is 0. The SMILES string of the molecule is [C-]#[N+]/C(=C\c1cnccc1Sc1ccc(C)c(C)c1)c1c[nH]c2ccc(Br)cc12. The number of rotatable bonds is 4. The van der Waals surface area contributed by atoms with Crippen LogP contribution in [0.25, 0.3) is 27.5 Å². The van der Waals surface area contributed by atoms with Gasteiger partial charge in [-0.15, -0.1) is 0 Å². The Balaban J connectivity index is 1.76. The third-order valence-electron chi connectivity index (χ3n) is 4.85. The van der Waals surface area contributed by atoms with Crippen LogP contribution in [0.3, 0.4) is 0 Å². The lowest BCUT2D eigenvalue weighted by atomic mass is 10.1. The van der Waals surface area contributed by atoms with Gasteiger partial charge >= 0.3 is 0 Å². The highest BCUT2D eigenvalue weighted by Crippen LogP contribution is 2.35. The van der Waals surface area contributed by atoms with Crippen LogP contribution in [0.4, 0.5) is 0 Å². The molecule has 2 aromatic heterocycles. The predicted octanol–water partition coefficient (Wildman–Crippen LogP) is 7.51. The second-order valence-corrected chi connectivity index (χ2v) is 8.83. The summed E-state index contributed by atoms with van der Waals surface area (Å²) in [5.74, 6) is 0. The summed E-state index contributed by atoms with van der Waals surface area (Å²) in [5.41, 5.74) is 5.98. The molecule has 0 atom stereocenters. The van der Waals surface area contributed by atoms with Gasteiger partial charge in [0.05, 0.1) is 6.57 Å². The van der Waals surface area contributed by atoms with Crippen LogP contribution in [0.1, 0.15) is 22.3 Å². The standard InChI is InChI=1S/C24H18BrN3S/c1-15-4-6-19(10-16(15)2)29-24-8-9-27-13-17(24)11-23(26-3)21-14-28-22-7-5-18(25)12-20(21)22/h4-14,28H,1-2H3/b23-11-. The first-order valence-corrected chi connectivity index (χ1v) is 10.7. The van der Waals surface area contributed by atoms with Gasteiger partial charge in [0, 0.05) is 37.7 Å². The van der Waals surface area contributed by atoms with Crippen LogP contribution >= 0.6 is 27.7 Å². The van der Waals surface area contributed by atoms with E-state index in [1.807, 2.05) is 42.7 Å². The summed E-state index contributed by atoms with van der Waals surface area (Å²) < 4.78 is 0.988. The Morgan fingerprint density at radius 3 is 2.79 bits per heavy atom. The van der Waals surface area contributed by atoms with Crippen molar-refractivity contribution in [3.63, 3.8) is 0 Å². The minimum Gasteiger partial charge on any atom is -0.362 e. The van der Waals surface area contributed by atoms with Crippen LogP contribution in [0.5, 0.6) is 0 Å². The van der Waals surface area contributed by atoms with Gasteiger partial charge in [0.25, 0.3) is 0 Å². The second kappa shape index (κ2) is 8.28.